The number of hydrogen-bond acceptors (Lipinski definition) is 8. The summed E-state index contributed by atoms with van der Waals surface area (Å²) >= 11 is 0. The first-order chi connectivity index (χ1) is 11.7. The van der Waals surface area contributed by atoms with Crippen LogP contribution in [0.25, 0.3) is 0 Å². The van der Waals surface area contributed by atoms with Crippen molar-refractivity contribution in [1.29, 1.82) is 0 Å². The highest BCUT2D eigenvalue weighted by molar-refractivity contribution is 5.83. The van der Waals surface area contributed by atoms with Crippen LogP contribution in [0.2, 0.25) is 0 Å². The molecule has 0 aliphatic carbocycles. The quantitative estimate of drug-likeness (QED) is 0.273. The minimum atomic E-state index is -0.950. The van der Waals surface area contributed by atoms with Crippen LogP contribution in [0.1, 0.15) is 53.4 Å². The lowest BCUT2D eigenvalue weighted by Crippen LogP contribution is -2.35. The van der Waals surface area contributed by atoms with E-state index in [1.54, 1.807) is 13.8 Å². The van der Waals surface area contributed by atoms with E-state index in [0.717, 1.165) is 6.42 Å². The van der Waals surface area contributed by atoms with E-state index in [1.807, 2.05) is 13.8 Å². The highest BCUT2D eigenvalue weighted by Crippen LogP contribution is 2.31. The van der Waals surface area contributed by atoms with Crippen LogP contribution >= 0.6 is 0 Å². The Morgan fingerprint density at radius 1 is 1.32 bits per heavy atom. The molecule has 0 aromatic carbocycles. The number of carbonyl (C=O) groups is 3. The smallest absolute Gasteiger partial charge is 0.348 e. The van der Waals surface area contributed by atoms with Gasteiger partial charge in [0.15, 0.2) is 0 Å². The van der Waals surface area contributed by atoms with E-state index in [4.69, 9.17) is 19.5 Å². The number of hydrogen-bond donors (Lipinski definition) is 1. The molecule has 1 N–H and O–H groups in total. The fraction of sp³-hybridized carbons (Fsp3) is 0.824. The molecule has 1 aliphatic heterocycles. The van der Waals surface area contributed by atoms with Crippen LogP contribution in [-0.4, -0.2) is 48.6 Å². The van der Waals surface area contributed by atoms with E-state index in [9.17, 15) is 14.4 Å². The maximum absolute atomic E-state index is 11.8. The number of rotatable bonds is 10. The molecule has 0 bridgehead atoms. The van der Waals surface area contributed by atoms with Gasteiger partial charge in [0.1, 0.15) is 6.61 Å². The number of ether oxygens (including phenoxy) is 3. The average Bonchev–Trinajstić information content (AvgIpc) is 2.83. The van der Waals surface area contributed by atoms with E-state index in [0.29, 0.717) is 6.42 Å². The van der Waals surface area contributed by atoms with Crippen molar-refractivity contribution >= 4 is 17.9 Å². The second-order valence-corrected chi connectivity index (χ2v) is 7.00. The molecule has 0 radical (unpaired) electrons. The topological polar surface area (TPSA) is 108 Å². The summed E-state index contributed by atoms with van der Waals surface area (Å²) < 4.78 is 15.0. The van der Waals surface area contributed by atoms with Crippen LogP contribution in [0.15, 0.2) is 0 Å². The number of esters is 3. The van der Waals surface area contributed by atoms with E-state index < -0.39 is 35.5 Å². The highest BCUT2D eigenvalue weighted by Gasteiger charge is 2.46. The average molecular weight is 360 g/mol. The van der Waals surface area contributed by atoms with Gasteiger partial charge in [-0.25, -0.2) is 9.68 Å². The van der Waals surface area contributed by atoms with Crippen molar-refractivity contribution in [2.75, 3.05) is 13.2 Å². The zero-order chi connectivity index (χ0) is 19.0. The summed E-state index contributed by atoms with van der Waals surface area (Å²) in [5.41, 5.74) is -0.581. The molecule has 144 valence electrons. The summed E-state index contributed by atoms with van der Waals surface area (Å²) in [6.45, 7) is 7.70. The van der Waals surface area contributed by atoms with Gasteiger partial charge in [-0.15, -0.1) is 0 Å². The first kappa shape index (κ1) is 21.4. The normalized spacial score (nSPS) is 21.3. The van der Waals surface area contributed by atoms with Crippen LogP contribution < -0.4 is 0 Å². The predicted octanol–water partition coefficient (Wildman–Crippen LogP) is 2.10. The molecule has 25 heavy (non-hydrogen) atoms. The van der Waals surface area contributed by atoms with E-state index in [2.05, 4.69) is 4.89 Å². The SMILES string of the molecule is CCC(C)C(CCOC(=O)CCC(=O)OC1C(=O)OCC1(C)C)OO. The van der Waals surface area contributed by atoms with Gasteiger partial charge in [-0.1, -0.05) is 34.1 Å². The summed E-state index contributed by atoms with van der Waals surface area (Å²) in [5, 5.41) is 8.83. The van der Waals surface area contributed by atoms with E-state index in [1.165, 1.54) is 0 Å². The summed E-state index contributed by atoms with van der Waals surface area (Å²) in [6.07, 6.45) is -0.485. The molecule has 0 amide bonds. The lowest BCUT2D eigenvalue weighted by atomic mass is 9.90. The summed E-state index contributed by atoms with van der Waals surface area (Å²) in [7, 11) is 0. The first-order valence-corrected chi connectivity index (χ1v) is 8.53. The monoisotopic (exact) mass is 360 g/mol. The van der Waals surface area contributed by atoms with Crippen molar-refractivity contribution in [3.05, 3.63) is 0 Å². The Kier molecular flexibility index (Phi) is 8.31. The third kappa shape index (κ3) is 6.62. The molecule has 1 rings (SSSR count). The third-order valence-corrected chi connectivity index (χ3v) is 4.37. The Labute approximate surface area is 147 Å². The molecule has 3 unspecified atom stereocenters. The van der Waals surface area contributed by atoms with Crippen LogP contribution in [0.4, 0.5) is 0 Å². The molecule has 1 fully saturated rings. The lowest BCUT2D eigenvalue weighted by molar-refractivity contribution is -0.291. The van der Waals surface area contributed by atoms with Gasteiger partial charge in [0, 0.05) is 11.8 Å². The molecular formula is C17H28O8. The van der Waals surface area contributed by atoms with Crippen LogP contribution in [0.3, 0.4) is 0 Å². The Balaban J connectivity index is 2.27. The number of cyclic esters (lactones) is 1. The van der Waals surface area contributed by atoms with Crippen molar-refractivity contribution < 1.29 is 38.7 Å². The highest BCUT2D eigenvalue weighted by atomic mass is 17.1. The zero-order valence-corrected chi connectivity index (χ0v) is 15.3. The van der Waals surface area contributed by atoms with Gasteiger partial charge in [0.2, 0.25) is 6.10 Å². The molecule has 0 saturated carbocycles. The van der Waals surface area contributed by atoms with Gasteiger partial charge in [0.05, 0.1) is 25.6 Å². The molecule has 8 nitrogen and oxygen atoms in total. The molecule has 0 aromatic heterocycles. The van der Waals surface area contributed by atoms with E-state index in [-0.39, 0.29) is 32.0 Å². The molecule has 8 heteroatoms. The second-order valence-electron chi connectivity index (χ2n) is 7.00. The summed E-state index contributed by atoms with van der Waals surface area (Å²) in [6, 6.07) is 0. The molecule has 1 heterocycles. The maximum atomic E-state index is 11.8. The second kappa shape index (κ2) is 9.72. The summed E-state index contributed by atoms with van der Waals surface area (Å²) in [4.78, 5) is 39.4. The van der Waals surface area contributed by atoms with Crippen molar-refractivity contribution in [3.8, 4) is 0 Å². The van der Waals surface area contributed by atoms with Crippen LogP contribution in [0.5, 0.6) is 0 Å². The van der Waals surface area contributed by atoms with Crippen molar-refractivity contribution in [3.63, 3.8) is 0 Å². The fourth-order valence-electron chi connectivity index (χ4n) is 2.39. The zero-order valence-electron chi connectivity index (χ0n) is 15.3. The van der Waals surface area contributed by atoms with E-state index >= 15 is 0 Å². The van der Waals surface area contributed by atoms with Crippen LogP contribution in [-0.2, 0) is 33.5 Å². The van der Waals surface area contributed by atoms with Crippen molar-refractivity contribution in [1.82, 2.24) is 0 Å². The Morgan fingerprint density at radius 3 is 2.48 bits per heavy atom. The Morgan fingerprint density at radius 2 is 1.96 bits per heavy atom. The number of carbonyl (C=O) groups excluding carboxylic acids is 3. The van der Waals surface area contributed by atoms with Gasteiger partial charge in [0.25, 0.3) is 0 Å². The third-order valence-electron chi connectivity index (χ3n) is 4.37. The first-order valence-electron chi connectivity index (χ1n) is 8.53. The van der Waals surface area contributed by atoms with Gasteiger partial charge >= 0.3 is 17.9 Å². The van der Waals surface area contributed by atoms with Crippen molar-refractivity contribution in [2.24, 2.45) is 11.3 Å². The molecule has 1 aliphatic rings. The lowest BCUT2D eigenvalue weighted by Gasteiger charge is -2.21. The fourth-order valence-corrected chi connectivity index (χ4v) is 2.39. The molecular weight excluding hydrogens is 332 g/mol. The van der Waals surface area contributed by atoms with Gasteiger partial charge in [-0.05, 0) is 5.92 Å². The molecule has 1 saturated heterocycles. The van der Waals surface area contributed by atoms with Gasteiger partial charge < -0.3 is 14.2 Å². The largest absolute Gasteiger partial charge is 0.466 e. The predicted molar refractivity (Wildman–Crippen MR) is 86.4 cm³/mol. The van der Waals surface area contributed by atoms with Crippen LogP contribution in [0, 0.1) is 11.3 Å². The molecule has 0 aromatic rings. The molecule has 3 atom stereocenters. The summed E-state index contributed by atoms with van der Waals surface area (Å²) in [5.74, 6) is -1.63. The van der Waals surface area contributed by atoms with Gasteiger partial charge in [-0.3, -0.25) is 14.8 Å². The minimum Gasteiger partial charge on any atom is -0.466 e. The maximum Gasteiger partial charge on any atom is 0.348 e. The Hall–Kier alpha value is -1.67. The molecule has 0 spiro atoms. The Bertz CT molecular complexity index is 473. The minimum absolute atomic E-state index is 0.0887. The standard InChI is InChI=1S/C17H28O8/c1-5-11(2)12(25-21)8-9-22-13(18)6-7-14(19)24-15-16(20)23-10-17(15,3)4/h11-12,15,21H,5-10H2,1-4H3. The van der Waals surface area contributed by atoms with Gasteiger partial charge in [-0.2, -0.15) is 0 Å². The van der Waals surface area contributed by atoms with Crippen molar-refractivity contribution in [2.45, 2.75) is 65.6 Å².